The molecule has 36 heavy (non-hydrogen) atoms. The molecule has 0 radical (unpaired) electrons. The fourth-order valence-electron chi connectivity index (χ4n) is 6.13. The molecule has 8 nitrogen and oxygen atoms in total. The number of amides is 3. The molecule has 4 rings (SSSR count). The molecule has 2 fully saturated rings. The Hall–Kier alpha value is -3.29. The van der Waals surface area contributed by atoms with E-state index in [1.807, 2.05) is 40.7 Å². The van der Waals surface area contributed by atoms with Crippen molar-refractivity contribution in [1.82, 2.24) is 14.7 Å². The fourth-order valence-corrected chi connectivity index (χ4v) is 6.13. The SMILES string of the molecule is CCN1C(=O)N2Cc3cc(OC)cc(OC)c3C(C)C=C2C12CCN(C(=O)/C=C(\C)CC(C)=N)CC2. The number of nitrogens with zero attached hydrogens (tertiary/aromatic N) is 3. The Labute approximate surface area is 214 Å². The zero-order chi connectivity index (χ0) is 26.2. The summed E-state index contributed by atoms with van der Waals surface area (Å²) in [6.07, 6.45) is 5.78. The molecule has 1 unspecified atom stereocenters. The predicted molar refractivity (Wildman–Crippen MR) is 140 cm³/mol. The Kier molecular flexibility index (Phi) is 7.16. The van der Waals surface area contributed by atoms with Crippen LogP contribution in [0.15, 0.2) is 35.6 Å². The number of hydrogen-bond donors (Lipinski definition) is 1. The van der Waals surface area contributed by atoms with Crippen LogP contribution < -0.4 is 9.47 Å². The molecule has 3 aliphatic heterocycles. The molecule has 8 heteroatoms. The summed E-state index contributed by atoms with van der Waals surface area (Å²) in [6, 6.07) is 3.92. The van der Waals surface area contributed by atoms with Crippen molar-refractivity contribution in [2.24, 2.45) is 0 Å². The van der Waals surface area contributed by atoms with Gasteiger partial charge in [-0.05, 0) is 45.2 Å². The van der Waals surface area contributed by atoms with Crippen LogP contribution in [0, 0.1) is 5.41 Å². The third-order valence-corrected chi connectivity index (χ3v) is 7.73. The normalized spacial score (nSPS) is 21.1. The van der Waals surface area contributed by atoms with E-state index in [1.54, 1.807) is 27.2 Å². The number of likely N-dealkylation sites (N-methyl/N-ethyl adjacent to an activating group) is 1. The van der Waals surface area contributed by atoms with E-state index in [2.05, 4.69) is 13.0 Å². The lowest BCUT2D eigenvalue weighted by Crippen LogP contribution is -2.54. The molecule has 3 heterocycles. The number of hydrogen-bond acceptors (Lipinski definition) is 5. The lowest BCUT2D eigenvalue weighted by molar-refractivity contribution is -0.128. The summed E-state index contributed by atoms with van der Waals surface area (Å²) in [6.45, 7) is 10.1. The van der Waals surface area contributed by atoms with Crippen LogP contribution in [0.2, 0.25) is 0 Å². The molecule has 1 N–H and O–H groups in total. The number of carbonyl (C=O) groups is 2. The van der Waals surface area contributed by atoms with Crippen molar-refractivity contribution in [1.29, 1.82) is 5.41 Å². The van der Waals surface area contributed by atoms with Crippen LogP contribution in [0.3, 0.4) is 0 Å². The van der Waals surface area contributed by atoms with E-state index < -0.39 is 5.54 Å². The van der Waals surface area contributed by atoms with Crippen LogP contribution in [-0.4, -0.2) is 71.7 Å². The third-order valence-electron chi connectivity index (χ3n) is 7.73. The summed E-state index contributed by atoms with van der Waals surface area (Å²) >= 11 is 0. The van der Waals surface area contributed by atoms with Gasteiger partial charge >= 0.3 is 6.03 Å². The molecule has 2 saturated heterocycles. The number of nitrogens with one attached hydrogen (secondary N) is 1. The Morgan fingerprint density at radius 2 is 1.89 bits per heavy atom. The van der Waals surface area contributed by atoms with E-state index in [9.17, 15) is 9.59 Å². The topological polar surface area (TPSA) is 86.2 Å². The second-order valence-corrected chi connectivity index (χ2v) is 10.2. The average molecular weight is 495 g/mol. The molecule has 194 valence electrons. The van der Waals surface area contributed by atoms with Crippen molar-refractivity contribution >= 4 is 17.6 Å². The minimum Gasteiger partial charge on any atom is -0.497 e. The van der Waals surface area contributed by atoms with Gasteiger partial charge in [-0.1, -0.05) is 18.6 Å². The van der Waals surface area contributed by atoms with Gasteiger partial charge in [0, 0.05) is 61.1 Å². The van der Waals surface area contributed by atoms with E-state index in [-0.39, 0.29) is 17.9 Å². The largest absolute Gasteiger partial charge is 0.497 e. The Balaban J connectivity index is 1.66. The van der Waals surface area contributed by atoms with Crippen molar-refractivity contribution in [3.63, 3.8) is 0 Å². The Morgan fingerprint density at radius 1 is 1.19 bits per heavy atom. The highest BCUT2D eigenvalue weighted by Gasteiger charge is 2.55. The predicted octanol–water partition coefficient (Wildman–Crippen LogP) is 4.70. The molecule has 1 spiro atoms. The van der Waals surface area contributed by atoms with E-state index in [0.717, 1.165) is 28.1 Å². The molecule has 0 aromatic heterocycles. The number of ether oxygens (including phenoxy) is 2. The highest BCUT2D eigenvalue weighted by atomic mass is 16.5. The summed E-state index contributed by atoms with van der Waals surface area (Å²) in [5, 5.41) is 7.67. The standard InChI is InChI=1S/C28H38N4O4/c1-7-32-27(34)31-17-21-15-22(35-5)16-23(36-6)26(21)19(3)14-24(31)28(32)8-10-30(11-9-28)25(33)13-18(2)12-20(4)29/h13-16,19,29H,7-12,17H2,1-6H3/b18-13+,29-20?. The van der Waals surface area contributed by atoms with Crippen LogP contribution in [0.25, 0.3) is 0 Å². The number of urea groups is 1. The maximum Gasteiger partial charge on any atom is 0.325 e. The van der Waals surface area contributed by atoms with Crippen LogP contribution in [0.1, 0.15) is 64.0 Å². The van der Waals surface area contributed by atoms with Gasteiger partial charge in [0.25, 0.3) is 0 Å². The minimum atomic E-state index is -0.430. The first-order valence-electron chi connectivity index (χ1n) is 12.7. The lowest BCUT2D eigenvalue weighted by atomic mass is 9.82. The van der Waals surface area contributed by atoms with Crippen LogP contribution in [-0.2, 0) is 11.3 Å². The number of methoxy groups -OCH3 is 2. The van der Waals surface area contributed by atoms with Gasteiger partial charge < -0.3 is 24.7 Å². The van der Waals surface area contributed by atoms with E-state index in [4.69, 9.17) is 14.9 Å². The highest BCUT2D eigenvalue weighted by Crippen LogP contribution is 2.49. The minimum absolute atomic E-state index is 0.0136. The van der Waals surface area contributed by atoms with Crippen LogP contribution in [0.4, 0.5) is 4.79 Å². The van der Waals surface area contributed by atoms with Crippen molar-refractivity contribution in [3.05, 3.63) is 46.7 Å². The van der Waals surface area contributed by atoms with Crippen molar-refractivity contribution in [3.8, 4) is 11.5 Å². The van der Waals surface area contributed by atoms with Crippen molar-refractivity contribution < 1.29 is 19.1 Å². The second kappa shape index (κ2) is 9.99. The number of carbonyl (C=O) groups excluding carboxylic acids is 2. The third kappa shape index (κ3) is 4.38. The molecule has 1 atom stereocenters. The number of fused-ring (bicyclic) bond motifs is 3. The van der Waals surface area contributed by atoms with Gasteiger partial charge in [-0.25, -0.2) is 4.79 Å². The first-order valence-corrected chi connectivity index (χ1v) is 12.7. The molecule has 3 aliphatic rings. The van der Waals surface area contributed by atoms with Gasteiger partial charge in [0.05, 0.1) is 26.3 Å². The van der Waals surface area contributed by atoms with Crippen molar-refractivity contribution in [2.75, 3.05) is 33.9 Å². The average Bonchev–Trinajstić information content (AvgIpc) is 2.94. The van der Waals surface area contributed by atoms with Gasteiger partial charge in [-0.2, -0.15) is 0 Å². The molecule has 0 aliphatic carbocycles. The summed E-state index contributed by atoms with van der Waals surface area (Å²) in [5.74, 6) is 1.52. The molecule has 3 amide bonds. The first kappa shape index (κ1) is 25.8. The van der Waals surface area contributed by atoms with E-state index in [1.165, 1.54) is 0 Å². The molecule has 0 bridgehead atoms. The van der Waals surface area contributed by atoms with Gasteiger partial charge in [-0.15, -0.1) is 0 Å². The summed E-state index contributed by atoms with van der Waals surface area (Å²) < 4.78 is 11.2. The zero-order valence-electron chi connectivity index (χ0n) is 22.3. The maximum absolute atomic E-state index is 13.7. The molecular formula is C28H38N4O4. The summed E-state index contributed by atoms with van der Waals surface area (Å²) in [4.78, 5) is 32.4. The lowest BCUT2D eigenvalue weighted by Gasteiger charge is -2.44. The first-order chi connectivity index (χ1) is 17.1. The molecule has 0 saturated carbocycles. The second-order valence-electron chi connectivity index (χ2n) is 10.2. The molecule has 1 aromatic rings. The molecule has 1 aromatic carbocycles. The summed E-state index contributed by atoms with van der Waals surface area (Å²) in [7, 11) is 3.30. The number of rotatable bonds is 6. The quantitative estimate of drug-likeness (QED) is 0.459. The smallest absolute Gasteiger partial charge is 0.325 e. The van der Waals surface area contributed by atoms with Crippen LogP contribution in [0.5, 0.6) is 11.5 Å². The number of allylic oxidation sites excluding steroid dienone is 2. The van der Waals surface area contributed by atoms with Gasteiger partial charge in [-0.3, -0.25) is 9.69 Å². The van der Waals surface area contributed by atoms with E-state index >= 15 is 0 Å². The van der Waals surface area contributed by atoms with Gasteiger partial charge in [0.15, 0.2) is 0 Å². The zero-order valence-corrected chi connectivity index (χ0v) is 22.3. The molecular weight excluding hydrogens is 456 g/mol. The van der Waals surface area contributed by atoms with Gasteiger partial charge in [0.1, 0.15) is 11.5 Å². The van der Waals surface area contributed by atoms with Crippen molar-refractivity contribution in [2.45, 2.75) is 65.0 Å². The van der Waals surface area contributed by atoms with Gasteiger partial charge in [0.2, 0.25) is 5.91 Å². The fraction of sp³-hybridized carbons (Fsp3) is 0.536. The Morgan fingerprint density at radius 3 is 2.47 bits per heavy atom. The van der Waals surface area contributed by atoms with Crippen LogP contribution >= 0.6 is 0 Å². The summed E-state index contributed by atoms with van der Waals surface area (Å²) in [5.41, 5.74) is 4.16. The van der Waals surface area contributed by atoms with E-state index in [0.29, 0.717) is 56.9 Å². The monoisotopic (exact) mass is 494 g/mol. The number of benzene rings is 1. The highest BCUT2D eigenvalue weighted by molar-refractivity contribution is 5.90. The Bertz CT molecular complexity index is 1130. The number of likely N-dealkylation sites (tertiary alicyclic amines) is 1. The number of piperidine rings is 1. The maximum atomic E-state index is 13.7.